The first kappa shape index (κ1) is 14.1. The monoisotopic (exact) mass is 258 g/mol. The van der Waals surface area contributed by atoms with E-state index in [1.54, 1.807) is 19.2 Å². The maximum absolute atomic E-state index is 11.7. The molecule has 0 saturated heterocycles. The van der Waals surface area contributed by atoms with Crippen molar-refractivity contribution in [1.29, 1.82) is 0 Å². The van der Waals surface area contributed by atoms with Crippen LogP contribution >= 0.6 is 11.6 Å². The van der Waals surface area contributed by atoms with Crippen LogP contribution in [0, 0.1) is 5.41 Å². The molecule has 1 rings (SSSR count). The maximum Gasteiger partial charge on any atom is 0.267 e. The van der Waals surface area contributed by atoms with Crippen molar-refractivity contribution < 1.29 is 9.90 Å². The van der Waals surface area contributed by atoms with Crippen LogP contribution < -0.4 is 5.32 Å². The molecular formula is C12H19ClN2O2. The third kappa shape index (κ3) is 4.79. The van der Waals surface area contributed by atoms with Gasteiger partial charge < -0.3 is 15.4 Å². The van der Waals surface area contributed by atoms with Crippen LogP contribution in [0.4, 0.5) is 0 Å². The predicted molar refractivity (Wildman–Crippen MR) is 68.2 cm³/mol. The molecule has 0 fully saturated rings. The number of hydrogen-bond acceptors (Lipinski definition) is 2. The van der Waals surface area contributed by atoms with Gasteiger partial charge in [-0.05, 0) is 24.8 Å². The van der Waals surface area contributed by atoms with Gasteiger partial charge in [-0.25, -0.2) is 0 Å². The largest absolute Gasteiger partial charge is 0.393 e. The van der Waals surface area contributed by atoms with E-state index in [1.165, 1.54) is 0 Å². The Morgan fingerprint density at radius 2 is 2.29 bits per heavy atom. The number of amides is 1. The summed E-state index contributed by atoms with van der Waals surface area (Å²) in [5.41, 5.74) is 0.308. The van der Waals surface area contributed by atoms with E-state index >= 15 is 0 Å². The number of aliphatic hydroxyl groups excluding tert-OH is 1. The Kier molecular flexibility index (Phi) is 4.60. The molecule has 1 amide bonds. The summed E-state index contributed by atoms with van der Waals surface area (Å²) < 4.78 is 0. The Bertz CT molecular complexity index is 386. The van der Waals surface area contributed by atoms with Gasteiger partial charge >= 0.3 is 0 Å². The first-order valence-electron chi connectivity index (χ1n) is 5.60. The van der Waals surface area contributed by atoms with Crippen molar-refractivity contribution in [3.05, 3.63) is 23.0 Å². The molecular weight excluding hydrogens is 240 g/mol. The molecule has 0 spiro atoms. The van der Waals surface area contributed by atoms with Gasteiger partial charge in [-0.3, -0.25) is 4.79 Å². The molecule has 0 aliphatic carbocycles. The summed E-state index contributed by atoms with van der Waals surface area (Å²) in [6.07, 6.45) is 1.83. The minimum Gasteiger partial charge on any atom is -0.393 e. The number of aromatic amines is 1. The second kappa shape index (κ2) is 5.56. The fourth-order valence-corrected chi connectivity index (χ4v) is 1.95. The topological polar surface area (TPSA) is 65.1 Å². The maximum atomic E-state index is 11.7. The predicted octanol–water partition coefficient (Wildman–Crippen LogP) is 2.19. The minimum absolute atomic E-state index is 0.139. The summed E-state index contributed by atoms with van der Waals surface area (Å²) in [7, 11) is 0. The van der Waals surface area contributed by atoms with Crippen molar-refractivity contribution >= 4 is 17.5 Å². The third-order valence-corrected chi connectivity index (χ3v) is 2.69. The van der Waals surface area contributed by atoms with Crippen LogP contribution in [0.1, 0.15) is 37.7 Å². The highest BCUT2D eigenvalue weighted by Gasteiger charge is 2.21. The standard InChI is InChI=1S/C12H19ClN2O2/c1-8(16)5-12(2,3)7-15-11(17)10-4-9(13)6-14-10/h4,6,8,14,16H,5,7H2,1-3H3,(H,15,17). The summed E-state index contributed by atoms with van der Waals surface area (Å²) in [6.45, 7) is 6.26. The van der Waals surface area contributed by atoms with Gasteiger partial charge in [0.1, 0.15) is 5.69 Å². The zero-order chi connectivity index (χ0) is 13.1. The fraction of sp³-hybridized carbons (Fsp3) is 0.583. The second-order valence-electron chi connectivity index (χ2n) is 5.13. The van der Waals surface area contributed by atoms with E-state index in [0.29, 0.717) is 23.7 Å². The first-order chi connectivity index (χ1) is 7.80. The minimum atomic E-state index is -0.373. The molecule has 0 bridgehead atoms. The molecule has 0 radical (unpaired) electrons. The van der Waals surface area contributed by atoms with Crippen molar-refractivity contribution in [3.8, 4) is 0 Å². The number of aliphatic hydroxyl groups is 1. The van der Waals surface area contributed by atoms with E-state index in [1.807, 2.05) is 13.8 Å². The lowest BCUT2D eigenvalue weighted by Gasteiger charge is -2.26. The van der Waals surface area contributed by atoms with Gasteiger partial charge in [-0.1, -0.05) is 25.4 Å². The fourth-order valence-electron chi connectivity index (χ4n) is 1.79. The van der Waals surface area contributed by atoms with E-state index in [2.05, 4.69) is 10.3 Å². The SMILES string of the molecule is CC(O)CC(C)(C)CNC(=O)c1cc(Cl)c[nH]1. The lowest BCUT2D eigenvalue weighted by molar-refractivity contribution is 0.0898. The van der Waals surface area contributed by atoms with Crippen LogP contribution in [0.15, 0.2) is 12.3 Å². The van der Waals surface area contributed by atoms with Gasteiger partial charge in [0.25, 0.3) is 5.91 Å². The number of halogens is 1. The van der Waals surface area contributed by atoms with Gasteiger partial charge in [0.2, 0.25) is 0 Å². The zero-order valence-corrected chi connectivity index (χ0v) is 11.1. The number of rotatable bonds is 5. The first-order valence-corrected chi connectivity index (χ1v) is 5.98. The number of hydrogen-bond donors (Lipinski definition) is 3. The molecule has 17 heavy (non-hydrogen) atoms. The van der Waals surface area contributed by atoms with Gasteiger partial charge in [0, 0.05) is 12.7 Å². The Hall–Kier alpha value is -1.00. The van der Waals surface area contributed by atoms with Crippen LogP contribution in [0.3, 0.4) is 0 Å². The lowest BCUT2D eigenvalue weighted by Crippen LogP contribution is -2.35. The summed E-state index contributed by atoms with van der Waals surface area (Å²) in [5, 5.41) is 12.7. The van der Waals surface area contributed by atoms with Gasteiger partial charge in [0.15, 0.2) is 0 Å². The molecule has 1 aromatic rings. The van der Waals surface area contributed by atoms with Crippen LogP contribution in [0.2, 0.25) is 5.02 Å². The number of aromatic nitrogens is 1. The zero-order valence-electron chi connectivity index (χ0n) is 10.4. The normalized spacial score (nSPS) is 13.5. The highest BCUT2D eigenvalue weighted by atomic mass is 35.5. The average Bonchev–Trinajstić information content (AvgIpc) is 2.59. The van der Waals surface area contributed by atoms with Crippen molar-refractivity contribution in [2.45, 2.75) is 33.3 Å². The number of H-pyrrole nitrogens is 1. The van der Waals surface area contributed by atoms with Gasteiger partial charge in [-0.2, -0.15) is 0 Å². The van der Waals surface area contributed by atoms with Gasteiger partial charge in [-0.15, -0.1) is 0 Å². The summed E-state index contributed by atoms with van der Waals surface area (Å²) in [4.78, 5) is 14.5. The molecule has 1 unspecified atom stereocenters. The van der Waals surface area contributed by atoms with Crippen molar-refractivity contribution in [3.63, 3.8) is 0 Å². The number of nitrogens with one attached hydrogen (secondary N) is 2. The van der Waals surface area contributed by atoms with Gasteiger partial charge in [0.05, 0.1) is 11.1 Å². The number of carbonyl (C=O) groups is 1. The van der Waals surface area contributed by atoms with Crippen LogP contribution in [-0.4, -0.2) is 28.6 Å². The molecule has 1 atom stereocenters. The average molecular weight is 259 g/mol. The Labute approximate surface area is 106 Å². The van der Waals surface area contributed by atoms with E-state index < -0.39 is 0 Å². The van der Waals surface area contributed by atoms with Crippen LogP contribution in [0.25, 0.3) is 0 Å². The van der Waals surface area contributed by atoms with E-state index in [-0.39, 0.29) is 17.4 Å². The Balaban J connectivity index is 2.48. The van der Waals surface area contributed by atoms with Crippen LogP contribution in [-0.2, 0) is 0 Å². The highest BCUT2D eigenvalue weighted by Crippen LogP contribution is 2.21. The molecule has 0 aromatic carbocycles. The molecule has 5 heteroatoms. The molecule has 3 N–H and O–H groups in total. The van der Waals surface area contributed by atoms with E-state index in [0.717, 1.165) is 0 Å². The molecule has 4 nitrogen and oxygen atoms in total. The van der Waals surface area contributed by atoms with E-state index in [9.17, 15) is 9.90 Å². The Morgan fingerprint density at radius 3 is 2.76 bits per heavy atom. The molecule has 1 aromatic heterocycles. The van der Waals surface area contributed by atoms with Crippen molar-refractivity contribution in [2.24, 2.45) is 5.41 Å². The molecule has 0 saturated carbocycles. The number of carbonyl (C=O) groups excluding carboxylic acids is 1. The Morgan fingerprint density at radius 1 is 1.65 bits per heavy atom. The smallest absolute Gasteiger partial charge is 0.267 e. The molecule has 96 valence electrons. The lowest BCUT2D eigenvalue weighted by atomic mass is 9.87. The molecule has 0 aliphatic heterocycles. The quantitative estimate of drug-likeness (QED) is 0.758. The third-order valence-electron chi connectivity index (χ3n) is 2.47. The summed E-state index contributed by atoms with van der Waals surface area (Å²) in [6, 6.07) is 1.58. The highest BCUT2D eigenvalue weighted by molar-refractivity contribution is 6.30. The van der Waals surface area contributed by atoms with Crippen molar-refractivity contribution in [1.82, 2.24) is 10.3 Å². The molecule has 0 aliphatic rings. The molecule has 1 heterocycles. The van der Waals surface area contributed by atoms with Crippen LogP contribution in [0.5, 0.6) is 0 Å². The summed E-state index contributed by atoms with van der Waals surface area (Å²) in [5.74, 6) is -0.185. The van der Waals surface area contributed by atoms with E-state index in [4.69, 9.17) is 11.6 Å². The van der Waals surface area contributed by atoms with Crippen molar-refractivity contribution in [2.75, 3.05) is 6.54 Å². The second-order valence-corrected chi connectivity index (χ2v) is 5.57. The summed E-state index contributed by atoms with van der Waals surface area (Å²) >= 11 is 5.72.